The number of ether oxygens (including phenoxy) is 1. The van der Waals surface area contributed by atoms with Crippen LogP contribution in [0.4, 0.5) is 5.69 Å². The van der Waals surface area contributed by atoms with Gasteiger partial charge in [-0.15, -0.1) is 12.4 Å². The van der Waals surface area contributed by atoms with Crippen LogP contribution in [0.5, 0.6) is 5.75 Å². The number of β-amino-alcohol motifs (C(OH)–C–C–N with tert-alkyl or cyclic N) is 1. The maximum atomic E-state index is 10.3. The number of hydrogen-bond donors (Lipinski definition) is 1. The van der Waals surface area contributed by atoms with E-state index in [1.165, 1.54) is 0 Å². The Kier molecular flexibility index (Phi) is 8.04. The predicted octanol–water partition coefficient (Wildman–Crippen LogP) is 3.63. The van der Waals surface area contributed by atoms with Crippen molar-refractivity contribution in [1.82, 2.24) is 4.90 Å². The largest absolute Gasteiger partial charge is 0.491 e. The summed E-state index contributed by atoms with van der Waals surface area (Å²) in [6.07, 6.45) is -0.489. The molecular weight excluding hydrogens is 371 g/mol. The Morgan fingerprint density at radius 1 is 1.08 bits per heavy atom. The molecular formula is C20H26Cl2N2O2. The number of hydrogen-bond acceptors (Lipinski definition) is 4. The van der Waals surface area contributed by atoms with Gasteiger partial charge in [0.15, 0.2) is 0 Å². The van der Waals surface area contributed by atoms with Gasteiger partial charge in [0.25, 0.3) is 0 Å². The van der Waals surface area contributed by atoms with Crippen LogP contribution in [0.15, 0.2) is 48.5 Å². The summed E-state index contributed by atoms with van der Waals surface area (Å²) in [5.41, 5.74) is 2.25. The molecule has 1 saturated heterocycles. The average Bonchev–Trinajstić information content (AvgIpc) is 2.62. The van der Waals surface area contributed by atoms with Gasteiger partial charge in [-0.05, 0) is 36.8 Å². The molecule has 0 spiro atoms. The third-order valence-electron chi connectivity index (χ3n) is 4.54. The molecule has 0 saturated carbocycles. The number of benzene rings is 2. The van der Waals surface area contributed by atoms with Crippen LogP contribution < -0.4 is 9.64 Å². The number of nitrogens with zero attached hydrogens (tertiary/aromatic N) is 2. The van der Waals surface area contributed by atoms with Crippen molar-refractivity contribution in [2.75, 3.05) is 44.2 Å². The smallest absolute Gasteiger partial charge is 0.122 e. The maximum Gasteiger partial charge on any atom is 0.122 e. The lowest BCUT2D eigenvalue weighted by Crippen LogP contribution is -2.49. The van der Waals surface area contributed by atoms with Gasteiger partial charge in [-0.2, -0.15) is 0 Å². The summed E-state index contributed by atoms with van der Waals surface area (Å²) in [5, 5.41) is 11.0. The number of rotatable bonds is 6. The molecule has 1 heterocycles. The fourth-order valence-electron chi connectivity index (χ4n) is 3.12. The summed E-state index contributed by atoms with van der Waals surface area (Å²) in [7, 11) is 0. The highest BCUT2D eigenvalue weighted by atomic mass is 35.5. The van der Waals surface area contributed by atoms with Gasteiger partial charge >= 0.3 is 0 Å². The summed E-state index contributed by atoms with van der Waals surface area (Å²) >= 11 is 6.07. The second kappa shape index (κ2) is 10.0. The van der Waals surface area contributed by atoms with Crippen molar-refractivity contribution < 1.29 is 9.84 Å². The van der Waals surface area contributed by atoms with Gasteiger partial charge < -0.3 is 14.7 Å². The Labute approximate surface area is 166 Å². The second-order valence-electron chi connectivity index (χ2n) is 6.50. The van der Waals surface area contributed by atoms with Crippen LogP contribution in [0.2, 0.25) is 5.02 Å². The molecule has 0 amide bonds. The van der Waals surface area contributed by atoms with Gasteiger partial charge in [-0.1, -0.05) is 35.9 Å². The van der Waals surface area contributed by atoms with Gasteiger partial charge in [0.1, 0.15) is 18.5 Å². The Hall–Kier alpha value is -1.46. The van der Waals surface area contributed by atoms with Gasteiger partial charge in [0.2, 0.25) is 0 Å². The molecule has 4 nitrogen and oxygen atoms in total. The van der Waals surface area contributed by atoms with E-state index in [1.807, 2.05) is 49.4 Å². The van der Waals surface area contributed by atoms with E-state index >= 15 is 0 Å². The van der Waals surface area contributed by atoms with E-state index in [0.717, 1.165) is 48.2 Å². The molecule has 0 aliphatic carbocycles. The lowest BCUT2D eigenvalue weighted by atomic mass is 10.2. The molecule has 26 heavy (non-hydrogen) atoms. The van der Waals surface area contributed by atoms with Crippen LogP contribution >= 0.6 is 24.0 Å². The molecule has 1 fully saturated rings. The van der Waals surface area contributed by atoms with E-state index < -0.39 is 6.10 Å². The number of halogens is 2. The van der Waals surface area contributed by atoms with Crippen molar-refractivity contribution in [3.63, 3.8) is 0 Å². The summed E-state index contributed by atoms with van der Waals surface area (Å²) in [6.45, 7) is 6.69. The zero-order valence-corrected chi connectivity index (χ0v) is 16.5. The third-order valence-corrected chi connectivity index (χ3v) is 4.77. The van der Waals surface area contributed by atoms with Crippen molar-refractivity contribution in [2.24, 2.45) is 0 Å². The van der Waals surface area contributed by atoms with E-state index in [4.69, 9.17) is 16.3 Å². The molecule has 1 N–H and O–H groups in total. The zero-order valence-electron chi connectivity index (χ0n) is 15.0. The Morgan fingerprint density at radius 2 is 1.81 bits per heavy atom. The quantitative estimate of drug-likeness (QED) is 0.808. The SMILES string of the molecule is Cc1ccccc1OCC(O)CN1CCN(c2cccc(Cl)c2)CC1.Cl. The van der Waals surface area contributed by atoms with Crippen molar-refractivity contribution in [1.29, 1.82) is 0 Å². The highest BCUT2D eigenvalue weighted by Gasteiger charge is 2.20. The standard InChI is InChI=1S/C20H25ClN2O2.ClH/c1-16-5-2-3-8-20(16)25-15-19(24)14-22-9-11-23(12-10-22)18-7-4-6-17(21)13-18;/h2-8,13,19,24H,9-12,14-15H2,1H3;1H. The first kappa shape index (κ1) is 20.8. The van der Waals surface area contributed by atoms with Crippen LogP contribution in [0.3, 0.4) is 0 Å². The first-order valence-corrected chi connectivity index (χ1v) is 9.09. The molecule has 1 atom stereocenters. The fourth-order valence-corrected chi connectivity index (χ4v) is 3.30. The molecule has 2 aromatic rings. The Balaban J connectivity index is 0.00000243. The van der Waals surface area contributed by atoms with Gasteiger partial charge in [0, 0.05) is 43.4 Å². The van der Waals surface area contributed by atoms with Gasteiger partial charge in [-0.25, -0.2) is 0 Å². The van der Waals surface area contributed by atoms with Crippen LogP contribution in [0.1, 0.15) is 5.56 Å². The van der Waals surface area contributed by atoms with Gasteiger partial charge in [-0.3, -0.25) is 4.90 Å². The molecule has 142 valence electrons. The highest BCUT2D eigenvalue weighted by Crippen LogP contribution is 2.21. The molecule has 1 aliphatic rings. The molecule has 0 bridgehead atoms. The van der Waals surface area contributed by atoms with Crippen LogP contribution in [0, 0.1) is 6.92 Å². The number of para-hydroxylation sites is 1. The molecule has 1 aliphatic heterocycles. The lowest BCUT2D eigenvalue weighted by molar-refractivity contribution is 0.0661. The summed E-state index contributed by atoms with van der Waals surface area (Å²) in [4.78, 5) is 4.62. The zero-order chi connectivity index (χ0) is 17.6. The third kappa shape index (κ3) is 5.78. The highest BCUT2D eigenvalue weighted by molar-refractivity contribution is 6.30. The van der Waals surface area contributed by atoms with Crippen LogP contribution in [-0.4, -0.2) is 55.4 Å². The van der Waals surface area contributed by atoms with E-state index in [9.17, 15) is 5.11 Å². The lowest BCUT2D eigenvalue weighted by Gasteiger charge is -2.36. The van der Waals surface area contributed by atoms with Crippen LogP contribution in [0.25, 0.3) is 0 Å². The Bertz CT molecular complexity index is 691. The molecule has 1 unspecified atom stereocenters. The number of piperazine rings is 1. The summed E-state index contributed by atoms with van der Waals surface area (Å²) in [5.74, 6) is 0.840. The van der Waals surface area contributed by atoms with Crippen molar-refractivity contribution in [2.45, 2.75) is 13.0 Å². The van der Waals surface area contributed by atoms with Gasteiger partial charge in [0.05, 0.1) is 0 Å². The van der Waals surface area contributed by atoms with E-state index in [0.29, 0.717) is 13.2 Å². The normalized spacial score (nSPS) is 16.0. The minimum Gasteiger partial charge on any atom is -0.491 e. The molecule has 0 radical (unpaired) electrons. The monoisotopic (exact) mass is 396 g/mol. The molecule has 2 aromatic carbocycles. The van der Waals surface area contributed by atoms with E-state index in [-0.39, 0.29) is 12.4 Å². The topological polar surface area (TPSA) is 35.9 Å². The number of anilines is 1. The predicted molar refractivity (Wildman–Crippen MR) is 110 cm³/mol. The van der Waals surface area contributed by atoms with E-state index in [1.54, 1.807) is 0 Å². The van der Waals surface area contributed by atoms with E-state index in [2.05, 4.69) is 15.9 Å². The molecule has 6 heteroatoms. The van der Waals surface area contributed by atoms with Crippen molar-refractivity contribution in [3.8, 4) is 5.75 Å². The van der Waals surface area contributed by atoms with Crippen LogP contribution in [-0.2, 0) is 0 Å². The minimum atomic E-state index is -0.489. The first-order valence-electron chi connectivity index (χ1n) is 8.71. The second-order valence-corrected chi connectivity index (χ2v) is 6.93. The van der Waals surface area contributed by atoms with Crippen molar-refractivity contribution in [3.05, 3.63) is 59.1 Å². The molecule has 0 aromatic heterocycles. The minimum absolute atomic E-state index is 0. The average molecular weight is 397 g/mol. The molecule has 3 rings (SSSR count). The Morgan fingerprint density at radius 3 is 2.50 bits per heavy atom. The number of aliphatic hydroxyl groups is 1. The van der Waals surface area contributed by atoms with Crippen molar-refractivity contribution >= 4 is 29.7 Å². The summed E-state index contributed by atoms with van der Waals surface area (Å²) < 4.78 is 5.74. The number of aliphatic hydroxyl groups excluding tert-OH is 1. The fraction of sp³-hybridized carbons (Fsp3) is 0.400. The first-order chi connectivity index (χ1) is 12.1. The number of aryl methyl sites for hydroxylation is 1. The maximum absolute atomic E-state index is 10.3. The summed E-state index contributed by atoms with van der Waals surface area (Å²) in [6, 6.07) is 15.8.